The molecule has 6 nitrogen and oxygen atoms in total. The van der Waals surface area contributed by atoms with E-state index < -0.39 is 11.6 Å². The number of halogens is 1. The summed E-state index contributed by atoms with van der Waals surface area (Å²) in [6, 6.07) is 10.8. The highest BCUT2D eigenvalue weighted by atomic mass is 35.5. The van der Waals surface area contributed by atoms with Crippen LogP contribution in [0.25, 0.3) is 0 Å². The second-order valence-electron chi connectivity index (χ2n) is 6.00. The van der Waals surface area contributed by atoms with Crippen molar-refractivity contribution in [3.05, 3.63) is 58.6 Å². The summed E-state index contributed by atoms with van der Waals surface area (Å²) in [4.78, 5) is 20.5. The summed E-state index contributed by atoms with van der Waals surface area (Å²) in [5, 5.41) is 12.6. The summed E-state index contributed by atoms with van der Waals surface area (Å²) >= 11 is 5.93. The fourth-order valence-corrected chi connectivity index (χ4v) is 3.32. The number of alkyl carbamates (subject to hydrolysis) is 1. The molecule has 128 valence electrons. The number of nitrogens with zero attached hydrogens (tertiary/aromatic N) is 3. The standard InChI is InChI=1S/C18H17ClN4O2/c19-14-5-3-4-13(10-14)12-25-17(24)23-18(7-1-2-8-18)15-6-9-21-16(11-20)22-15/h3-6,9-10H,1-2,7-8,12H2,(H,23,24). The number of benzene rings is 1. The Bertz CT molecular complexity index is 813. The molecule has 0 saturated heterocycles. The molecule has 1 heterocycles. The Hall–Kier alpha value is -2.65. The minimum Gasteiger partial charge on any atom is -0.445 e. The van der Waals surface area contributed by atoms with Crippen molar-refractivity contribution in [2.75, 3.05) is 0 Å². The van der Waals surface area contributed by atoms with Crippen LogP contribution in [0.4, 0.5) is 4.79 Å². The van der Waals surface area contributed by atoms with Crippen molar-refractivity contribution < 1.29 is 9.53 Å². The van der Waals surface area contributed by atoms with Crippen molar-refractivity contribution in [3.63, 3.8) is 0 Å². The molecule has 0 atom stereocenters. The van der Waals surface area contributed by atoms with Crippen LogP contribution in [0.1, 0.15) is 42.8 Å². The van der Waals surface area contributed by atoms with Gasteiger partial charge in [0, 0.05) is 11.2 Å². The lowest BCUT2D eigenvalue weighted by Gasteiger charge is -2.29. The van der Waals surface area contributed by atoms with E-state index in [4.69, 9.17) is 21.6 Å². The Kier molecular flexibility index (Phi) is 5.15. The van der Waals surface area contributed by atoms with Gasteiger partial charge in [0.2, 0.25) is 5.82 Å². The topological polar surface area (TPSA) is 87.9 Å². The number of hydrogen-bond donors (Lipinski definition) is 1. The molecule has 0 aliphatic heterocycles. The highest BCUT2D eigenvalue weighted by Gasteiger charge is 2.39. The third-order valence-electron chi connectivity index (χ3n) is 4.30. The van der Waals surface area contributed by atoms with E-state index in [0.717, 1.165) is 31.2 Å². The van der Waals surface area contributed by atoms with E-state index >= 15 is 0 Å². The minimum absolute atomic E-state index is 0.0952. The van der Waals surface area contributed by atoms with Gasteiger partial charge in [-0.25, -0.2) is 14.8 Å². The van der Waals surface area contributed by atoms with Crippen LogP contribution in [0.3, 0.4) is 0 Å². The lowest BCUT2D eigenvalue weighted by molar-refractivity contribution is 0.125. The Morgan fingerprint density at radius 1 is 1.36 bits per heavy atom. The fourth-order valence-electron chi connectivity index (χ4n) is 3.11. The first-order valence-corrected chi connectivity index (χ1v) is 8.42. The number of carbonyl (C=O) groups excluding carboxylic acids is 1. The van der Waals surface area contributed by atoms with Crippen LogP contribution >= 0.6 is 11.6 Å². The summed E-state index contributed by atoms with van der Waals surface area (Å²) in [7, 11) is 0. The van der Waals surface area contributed by atoms with Crippen molar-refractivity contribution in [2.24, 2.45) is 0 Å². The first-order valence-electron chi connectivity index (χ1n) is 8.04. The smallest absolute Gasteiger partial charge is 0.408 e. The number of nitriles is 1. The van der Waals surface area contributed by atoms with Crippen LogP contribution < -0.4 is 5.32 Å². The molecule has 0 radical (unpaired) electrons. The van der Waals surface area contributed by atoms with E-state index in [1.807, 2.05) is 18.2 Å². The highest BCUT2D eigenvalue weighted by Crippen LogP contribution is 2.37. The molecule has 1 aromatic carbocycles. The van der Waals surface area contributed by atoms with Gasteiger partial charge in [-0.3, -0.25) is 0 Å². The van der Waals surface area contributed by atoms with E-state index in [0.29, 0.717) is 10.7 Å². The molecule has 1 aliphatic carbocycles. The number of rotatable bonds is 4. The van der Waals surface area contributed by atoms with Gasteiger partial charge in [-0.1, -0.05) is 36.6 Å². The first-order chi connectivity index (χ1) is 12.1. The van der Waals surface area contributed by atoms with Crippen LogP contribution in [-0.2, 0) is 16.9 Å². The molecule has 1 saturated carbocycles. The summed E-state index contributed by atoms with van der Waals surface area (Å²) in [6.07, 6.45) is 4.47. The third-order valence-corrected chi connectivity index (χ3v) is 4.54. The predicted octanol–water partition coefficient (Wildman–Crippen LogP) is 3.70. The highest BCUT2D eigenvalue weighted by molar-refractivity contribution is 6.30. The molecule has 1 N–H and O–H groups in total. The molecule has 1 amide bonds. The molecule has 1 fully saturated rings. The maximum Gasteiger partial charge on any atom is 0.408 e. The minimum atomic E-state index is -0.611. The lowest BCUT2D eigenvalue weighted by atomic mass is 9.93. The van der Waals surface area contributed by atoms with Crippen LogP contribution in [0, 0.1) is 11.3 Å². The number of hydrogen-bond acceptors (Lipinski definition) is 5. The monoisotopic (exact) mass is 356 g/mol. The second-order valence-corrected chi connectivity index (χ2v) is 6.43. The number of carbonyl (C=O) groups is 1. The van der Waals surface area contributed by atoms with Gasteiger partial charge in [0.1, 0.15) is 12.7 Å². The average molecular weight is 357 g/mol. The van der Waals surface area contributed by atoms with Crippen LogP contribution in [-0.4, -0.2) is 16.1 Å². The molecule has 2 aromatic rings. The zero-order valence-electron chi connectivity index (χ0n) is 13.5. The normalized spacial score (nSPS) is 15.4. The maximum atomic E-state index is 12.3. The van der Waals surface area contributed by atoms with Gasteiger partial charge in [-0.15, -0.1) is 0 Å². The molecule has 7 heteroatoms. The third kappa shape index (κ3) is 4.06. The van der Waals surface area contributed by atoms with E-state index in [1.165, 1.54) is 0 Å². The summed E-state index contributed by atoms with van der Waals surface area (Å²) in [5.74, 6) is 0.0952. The molecule has 3 rings (SSSR count). The largest absolute Gasteiger partial charge is 0.445 e. The SMILES string of the molecule is N#Cc1nccc(C2(NC(=O)OCc3cccc(Cl)c3)CCCC2)n1. The van der Waals surface area contributed by atoms with Gasteiger partial charge < -0.3 is 10.1 Å². The van der Waals surface area contributed by atoms with E-state index in [1.54, 1.807) is 24.4 Å². The predicted molar refractivity (Wildman–Crippen MR) is 91.7 cm³/mol. The molecule has 0 unspecified atom stereocenters. The second kappa shape index (κ2) is 7.49. The lowest BCUT2D eigenvalue weighted by Crippen LogP contribution is -2.44. The molecular formula is C18H17ClN4O2. The van der Waals surface area contributed by atoms with Gasteiger partial charge >= 0.3 is 6.09 Å². The van der Waals surface area contributed by atoms with Crippen LogP contribution in [0.5, 0.6) is 0 Å². The molecule has 0 bridgehead atoms. The van der Waals surface area contributed by atoms with Crippen molar-refractivity contribution in [3.8, 4) is 6.07 Å². The average Bonchev–Trinajstić information content (AvgIpc) is 3.10. The molecule has 0 spiro atoms. The molecule has 1 aliphatic rings. The van der Waals surface area contributed by atoms with Gasteiger partial charge in [-0.05, 0) is 36.6 Å². The summed E-state index contributed by atoms with van der Waals surface area (Å²) < 4.78 is 5.33. The summed E-state index contributed by atoms with van der Waals surface area (Å²) in [5.41, 5.74) is 0.855. The molecule has 1 aromatic heterocycles. The molecule has 25 heavy (non-hydrogen) atoms. The van der Waals surface area contributed by atoms with Crippen molar-refractivity contribution in [1.29, 1.82) is 5.26 Å². The van der Waals surface area contributed by atoms with Gasteiger partial charge in [-0.2, -0.15) is 5.26 Å². The number of amides is 1. The fraction of sp³-hybridized carbons (Fsp3) is 0.333. The van der Waals surface area contributed by atoms with Crippen molar-refractivity contribution >= 4 is 17.7 Å². The first kappa shape index (κ1) is 17.2. The number of aromatic nitrogens is 2. The van der Waals surface area contributed by atoms with E-state index in [-0.39, 0.29) is 12.4 Å². The Morgan fingerprint density at radius 2 is 2.16 bits per heavy atom. The Balaban J connectivity index is 1.71. The summed E-state index contributed by atoms with van der Waals surface area (Å²) in [6.45, 7) is 0.135. The number of nitrogens with one attached hydrogen (secondary N) is 1. The van der Waals surface area contributed by atoms with Gasteiger partial charge in [0.05, 0.1) is 11.2 Å². The zero-order chi connectivity index (χ0) is 17.7. The van der Waals surface area contributed by atoms with E-state index in [2.05, 4.69) is 15.3 Å². The van der Waals surface area contributed by atoms with E-state index in [9.17, 15) is 4.79 Å². The zero-order valence-corrected chi connectivity index (χ0v) is 14.3. The van der Waals surface area contributed by atoms with Crippen molar-refractivity contribution in [1.82, 2.24) is 15.3 Å². The molecular weight excluding hydrogens is 340 g/mol. The Morgan fingerprint density at radius 3 is 2.88 bits per heavy atom. The van der Waals surface area contributed by atoms with Crippen molar-refractivity contribution in [2.45, 2.75) is 37.8 Å². The quantitative estimate of drug-likeness (QED) is 0.902. The van der Waals surface area contributed by atoms with Crippen LogP contribution in [0.15, 0.2) is 36.5 Å². The van der Waals surface area contributed by atoms with Gasteiger partial charge in [0.15, 0.2) is 0 Å². The Labute approximate surface area is 150 Å². The van der Waals surface area contributed by atoms with Gasteiger partial charge in [0.25, 0.3) is 0 Å². The maximum absolute atomic E-state index is 12.3. The number of ether oxygens (including phenoxy) is 1. The van der Waals surface area contributed by atoms with Crippen LogP contribution in [0.2, 0.25) is 5.02 Å².